The standard InChI is InChI=1S/C23H22N2O4S/c1-2-25-20-10-6-7-11-22(20)29-21-13-12-18(16-19(21)23(25)26)24-30(27,28)15-14-17-8-4-3-5-9-17/h3-13,16,24H,2,14-15H2,1H3. The predicted octanol–water partition coefficient (Wildman–Crippen LogP) is 4.44. The van der Waals surface area contributed by atoms with Crippen LogP contribution in [0.25, 0.3) is 0 Å². The Hall–Kier alpha value is -3.32. The zero-order valence-corrected chi connectivity index (χ0v) is 17.4. The molecule has 4 rings (SSSR count). The summed E-state index contributed by atoms with van der Waals surface area (Å²) in [6.07, 6.45) is 0.405. The molecular formula is C23H22N2O4S. The van der Waals surface area contributed by atoms with Gasteiger partial charge >= 0.3 is 0 Å². The number of para-hydroxylation sites is 2. The Kier molecular flexibility index (Phi) is 5.46. The monoisotopic (exact) mass is 422 g/mol. The van der Waals surface area contributed by atoms with E-state index in [2.05, 4.69) is 4.72 Å². The maximum Gasteiger partial charge on any atom is 0.262 e. The number of ether oxygens (including phenoxy) is 1. The molecule has 3 aromatic carbocycles. The van der Waals surface area contributed by atoms with Gasteiger partial charge in [-0.3, -0.25) is 9.52 Å². The molecule has 3 aromatic rings. The second-order valence-electron chi connectivity index (χ2n) is 6.99. The van der Waals surface area contributed by atoms with E-state index in [0.29, 0.717) is 41.4 Å². The van der Waals surface area contributed by atoms with Crippen molar-refractivity contribution in [2.45, 2.75) is 13.3 Å². The van der Waals surface area contributed by atoms with Crippen LogP contribution >= 0.6 is 0 Å². The van der Waals surface area contributed by atoms with Crippen molar-refractivity contribution in [3.05, 3.63) is 83.9 Å². The number of aryl methyl sites for hydroxylation is 1. The molecule has 0 unspecified atom stereocenters. The fourth-order valence-corrected chi connectivity index (χ4v) is 4.52. The molecule has 0 atom stereocenters. The van der Waals surface area contributed by atoms with Gasteiger partial charge in [-0.05, 0) is 49.2 Å². The van der Waals surface area contributed by atoms with E-state index in [4.69, 9.17) is 4.74 Å². The van der Waals surface area contributed by atoms with Gasteiger partial charge in [0.05, 0.1) is 17.0 Å². The number of amides is 1. The van der Waals surface area contributed by atoms with E-state index in [0.717, 1.165) is 5.56 Å². The van der Waals surface area contributed by atoms with Crippen LogP contribution in [0.4, 0.5) is 11.4 Å². The Balaban J connectivity index is 1.58. The van der Waals surface area contributed by atoms with Crippen molar-refractivity contribution in [3.8, 4) is 11.5 Å². The molecule has 0 saturated carbocycles. The quantitative estimate of drug-likeness (QED) is 0.637. The summed E-state index contributed by atoms with van der Waals surface area (Å²) in [5.41, 5.74) is 2.29. The average Bonchev–Trinajstić information content (AvgIpc) is 2.86. The summed E-state index contributed by atoms with van der Waals surface area (Å²) >= 11 is 0. The van der Waals surface area contributed by atoms with Gasteiger partial charge in [-0.15, -0.1) is 0 Å². The van der Waals surface area contributed by atoms with Crippen LogP contribution in [0.5, 0.6) is 11.5 Å². The maximum absolute atomic E-state index is 13.1. The van der Waals surface area contributed by atoms with Gasteiger partial charge in [-0.2, -0.15) is 0 Å². The first-order valence-electron chi connectivity index (χ1n) is 9.74. The van der Waals surface area contributed by atoms with Crippen LogP contribution in [0.15, 0.2) is 72.8 Å². The molecule has 0 bridgehead atoms. The van der Waals surface area contributed by atoms with E-state index in [1.165, 1.54) is 6.07 Å². The smallest absolute Gasteiger partial charge is 0.262 e. The first-order chi connectivity index (χ1) is 14.5. The van der Waals surface area contributed by atoms with Crippen LogP contribution in [-0.4, -0.2) is 26.6 Å². The van der Waals surface area contributed by atoms with Crippen molar-refractivity contribution in [1.82, 2.24) is 0 Å². The third kappa shape index (κ3) is 4.16. The number of hydrogen-bond acceptors (Lipinski definition) is 4. The van der Waals surface area contributed by atoms with E-state index in [9.17, 15) is 13.2 Å². The van der Waals surface area contributed by atoms with Gasteiger partial charge in [-0.1, -0.05) is 42.5 Å². The Labute approximate surface area is 176 Å². The molecule has 1 aliphatic heterocycles. The number of fused-ring (bicyclic) bond motifs is 2. The molecule has 7 heteroatoms. The summed E-state index contributed by atoms with van der Waals surface area (Å²) in [6.45, 7) is 2.35. The number of sulfonamides is 1. The van der Waals surface area contributed by atoms with Gasteiger partial charge in [0.2, 0.25) is 10.0 Å². The van der Waals surface area contributed by atoms with E-state index >= 15 is 0 Å². The molecule has 0 spiro atoms. The highest BCUT2D eigenvalue weighted by Gasteiger charge is 2.27. The lowest BCUT2D eigenvalue weighted by Crippen LogP contribution is -2.29. The maximum atomic E-state index is 13.1. The number of nitrogens with one attached hydrogen (secondary N) is 1. The lowest BCUT2D eigenvalue weighted by atomic mass is 10.1. The minimum atomic E-state index is -3.57. The minimum Gasteiger partial charge on any atom is -0.454 e. The van der Waals surface area contributed by atoms with Gasteiger partial charge in [-0.25, -0.2) is 8.42 Å². The lowest BCUT2D eigenvalue weighted by molar-refractivity contribution is 0.0988. The molecule has 0 aromatic heterocycles. The first-order valence-corrected chi connectivity index (χ1v) is 11.4. The largest absolute Gasteiger partial charge is 0.454 e. The molecule has 0 saturated heterocycles. The molecule has 6 nitrogen and oxygen atoms in total. The fraction of sp³-hybridized carbons (Fsp3) is 0.174. The van der Waals surface area contributed by atoms with Crippen molar-refractivity contribution in [2.75, 3.05) is 21.9 Å². The number of carbonyl (C=O) groups is 1. The second kappa shape index (κ2) is 8.20. The number of hydrogen-bond donors (Lipinski definition) is 1. The molecule has 1 amide bonds. The second-order valence-corrected chi connectivity index (χ2v) is 8.83. The highest BCUT2D eigenvalue weighted by molar-refractivity contribution is 7.92. The van der Waals surface area contributed by atoms with E-state index in [-0.39, 0.29) is 11.7 Å². The van der Waals surface area contributed by atoms with Crippen LogP contribution in [0.3, 0.4) is 0 Å². The number of carbonyl (C=O) groups excluding carboxylic acids is 1. The molecule has 30 heavy (non-hydrogen) atoms. The molecule has 0 radical (unpaired) electrons. The normalized spacial score (nSPS) is 13.1. The van der Waals surface area contributed by atoms with Crippen molar-refractivity contribution >= 4 is 27.3 Å². The SMILES string of the molecule is CCN1C(=O)c2cc(NS(=O)(=O)CCc3ccccc3)ccc2Oc2ccccc21. The highest BCUT2D eigenvalue weighted by atomic mass is 32.2. The molecule has 1 N–H and O–H groups in total. The molecule has 0 fully saturated rings. The van der Waals surface area contributed by atoms with E-state index in [1.807, 2.05) is 55.5 Å². The van der Waals surface area contributed by atoms with Crippen molar-refractivity contribution in [2.24, 2.45) is 0 Å². The van der Waals surface area contributed by atoms with E-state index < -0.39 is 10.0 Å². The van der Waals surface area contributed by atoms with Crippen molar-refractivity contribution in [1.29, 1.82) is 0 Å². The number of rotatable bonds is 6. The molecule has 1 aliphatic rings. The number of nitrogens with zero attached hydrogens (tertiary/aromatic N) is 1. The van der Waals surface area contributed by atoms with Crippen LogP contribution < -0.4 is 14.4 Å². The van der Waals surface area contributed by atoms with Gasteiger partial charge in [0, 0.05) is 12.2 Å². The van der Waals surface area contributed by atoms with Crippen LogP contribution in [0.1, 0.15) is 22.8 Å². The fourth-order valence-electron chi connectivity index (χ4n) is 3.43. The predicted molar refractivity (Wildman–Crippen MR) is 118 cm³/mol. The number of benzene rings is 3. The Morgan fingerprint density at radius 3 is 2.43 bits per heavy atom. The average molecular weight is 423 g/mol. The van der Waals surface area contributed by atoms with Crippen LogP contribution in [0, 0.1) is 0 Å². The number of anilines is 2. The van der Waals surface area contributed by atoms with Gasteiger partial charge in [0.1, 0.15) is 5.75 Å². The summed E-state index contributed by atoms with van der Waals surface area (Å²) in [4.78, 5) is 14.7. The van der Waals surface area contributed by atoms with Crippen LogP contribution in [-0.2, 0) is 16.4 Å². The molecule has 0 aliphatic carbocycles. The third-order valence-corrected chi connectivity index (χ3v) is 6.21. The summed E-state index contributed by atoms with van der Waals surface area (Å²) in [5, 5.41) is 0. The van der Waals surface area contributed by atoms with Crippen molar-refractivity contribution in [3.63, 3.8) is 0 Å². The summed E-state index contributed by atoms with van der Waals surface area (Å²) in [7, 11) is -3.57. The van der Waals surface area contributed by atoms with Crippen LogP contribution in [0.2, 0.25) is 0 Å². The minimum absolute atomic E-state index is 0.0505. The van der Waals surface area contributed by atoms with E-state index in [1.54, 1.807) is 23.1 Å². The Morgan fingerprint density at radius 2 is 1.67 bits per heavy atom. The Morgan fingerprint density at radius 1 is 0.933 bits per heavy atom. The third-order valence-electron chi connectivity index (χ3n) is 4.92. The van der Waals surface area contributed by atoms with Gasteiger partial charge < -0.3 is 9.64 Å². The lowest BCUT2D eigenvalue weighted by Gasteiger charge is -2.19. The summed E-state index contributed by atoms with van der Waals surface area (Å²) in [6, 6.07) is 21.5. The summed E-state index contributed by atoms with van der Waals surface area (Å²) < 4.78 is 33.6. The molecule has 154 valence electrons. The Bertz CT molecular complexity index is 1180. The van der Waals surface area contributed by atoms with Gasteiger partial charge in [0.15, 0.2) is 5.75 Å². The van der Waals surface area contributed by atoms with Gasteiger partial charge in [0.25, 0.3) is 5.91 Å². The molecular weight excluding hydrogens is 400 g/mol. The molecule has 1 heterocycles. The first kappa shape index (κ1) is 20.0. The zero-order valence-electron chi connectivity index (χ0n) is 16.5. The topological polar surface area (TPSA) is 75.7 Å². The summed E-state index contributed by atoms with van der Waals surface area (Å²) in [5.74, 6) is 0.700. The van der Waals surface area contributed by atoms with Crippen molar-refractivity contribution < 1.29 is 17.9 Å². The highest BCUT2D eigenvalue weighted by Crippen LogP contribution is 2.39. The zero-order chi connectivity index (χ0) is 21.1.